The lowest BCUT2D eigenvalue weighted by Gasteiger charge is -2.25. The molecule has 12 nitrogen and oxygen atoms in total. The van der Waals surface area contributed by atoms with Crippen molar-refractivity contribution in [3.8, 4) is 0 Å². The number of nitrogens with one attached hydrogen (secondary N) is 3. The van der Waals surface area contributed by atoms with Crippen LogP contribution in [0.1, 0.15) is 34.1 Å². The number of aliphatic hydroxyl groups excluding tert-OH is 1. The summed E-state index contributed by atoms with van der Waals surface area (Å²) in [5, 5.41) is 34.0. The zero-order valence-corrected chi connectivity index (χ0v) is 16.8. The van der Waals surface area contributed by atoms with Crippen LogP contribution in [0, 0.1) is 11.8 Å². The van der Waals surface area contributed by atoms with Crippen LogP contribution in [-0.2, 0) is 24.0 Å². The van der Waals surface area contributed by atoms with Crippen molar-refractivity contribution in [3.05, 3.63) is 0 Å². The quantitative estimate of drug-likeness (QED) is 0.180. The number of carboxylic acid groups (broad SMARTS) is 2. The number of nitrogens with two attached hydrogens (primary N) is 1. The maximum atomic E-state index is 12.4. The van der Waals surface area contributed by atoms with Gasteiger partial charge in [0.1, 0.15) is 18.1 Å². The lowest BCUT2D eigenvalue weighted by atomic mass is 10.0. The first-order valence-electron chi connectivity index (χ1n) is 9.03. The molecule has 0 fully saturated rings. The van der Waals surface area contributed by atoms with Gasteiger partial charge in [0.2, 0.25) is 17.7 Å². The molecule has 0 aliphatic heterocycles. The highest BCUT2D eigenvalue weighted by Crippen LogP contribution is 2.04. The molecule has 12 heteroatoms. The summed E-state index contributed by atoms with van der Waals surface area (Å²) in [5.41, 5.74) is 5.68. The van der Waals surface area contributed by atoms with Crippen LogP contribution in [-0.4, -0.2) is 75.8 Å². The first-order valence-corrected chi connectivity index (χ1v) is 9.03. The van der Waals surface area contributed by atoms with Gasteiger partial charge < -0.3 is 37.0 Å². The minimum absolute atomic E-state index is 0.275. The number of carboxylic acids is 2. The Morgan fingerprint density at radius 2 is 1.28 bits per heavy atom. The highest BCUT2D eigenvalue weighted by molar-refractivity contribution is 5.95. The van der Waals surface area contributed by atoms with Crippen molar-refractivity contribution in [1.29, 1.82) is 0 Å². The molecule has 4 atom stereocenters. The van der Waals surface area contributed by atoms with Crippen LogP contribution in [0.25, 0.3) is 0 Å². The number of carbonyl (C=O) groups is 5. The summed E-state index contributed by atoms with van der Waals surface area (Å²) in [5.74, 6) is -6.19. The molecule has 0 radical (unpaired) electrons. The maximum absolute atomic E-state index is 12.4. The molecule has 0 rings (SSSR count). The predicted octanol–water partition coefficient (Wildman–Crippen LogP) is -2.37. The molecule has 4 unspecified atom stereocenters. The van der Waals surface area contributed by atoms with E-state index < -0.39 is 72.8 Å². The Bertz CT molecular complexity index is 623. The number of aliphatic hydroxyl groups is 1. The van der Waals surface area contributed by atoms with Crippen molar-refractivity contribution in [2.45, 2.75) is 58.3 Å². The number of amides is 3. The molecule has 3 amide bonds. The summed E-state index contributed by atoms with van der Waals surface area (Å²) in [7, 11) is 0. The fraction of sp³-hybridized carbons (Fsp3) is 0.706. The lowest BCUT2D eigenvalue weighted by Crippen LogP contribution is -2.59. The molecular weight excluding hydrogens is 388 g/mol. The standard InChI is InChI=1S/C17H30N4O8/c1-7(2)12(18)16(27)19-9(5-11(23)24)14(25)20-10(6-22)15(26)21-13(8(3)4)17(28)29/h7-10,12-13,22H,5-6,18H2,1-4H3,(H,19,27)(H,20,25)(H,21,26)(H,23,24)(H,28,29). The Hall–Kier alpha value is -2.73. The molecule has 0 saturated heterocycles. The number of hydrogen-bond donors (Lipinski definition) is 7. The van der Waals surface area contributed by atoms with Gasteiger partial charge in [0, 0.05) is 0 Å². The van der Waals surface area contributed by atoms with Crippen molar-refractivity contribution >= 4 is 29.7 Å². The zero-order chi connectivity index (χ0) is 22.9. The highest BCUT2D eigenvalue weighted by Gasteiger charge is 2.32. The van der Waals surface area contributed by atoms with E-state index in [0.29, 0.717) is 0 Å². The van der Waals surface area contributed by atoms with Crippen molar-refractivity contribution in [2.75, 3.05) is 6.61 Å². The predicted molar refractivity (Wildman–Crippen MR) is 100 cm³/mol. The van der Waals surface area contributed by atoms with Crippen molar-refractivity contribution < 1.29 is 39.3 Å². The molecule has 166 valence electrons. The van der Waals surface area contributed by atoms with Crippen LogP contribution in [0.2, 0.25) is 0 Å². The van der Waals surface area contributed by atoms with Gasteiger partial charge in [-0.1, -0.05) is 27.7 Å². The Morgan fingerprint density at radius 3 is 1.66 bits per heavy atom. The normalized spacial score (nSPS) is 15.2. The molecule has 0 aliphatic rings. The van der Waals surface area contributed by atoms with Gasteiger partial charge in [0.05, 0.1) is 19.1 Å². The Kier molecular flexibility index (Phi) is 10.8. The van der Waals surface area contributed by atoms with Crippen LogP contribution in [0.5, 0.6) is 0 Å². The largest absolute Gasteiger partial charge is 0.481 e. The van der Waals surface area contributed by atoms with E-state index >= 15 is 0 Å². The third-order valence-electron chi connectivity index (χ3n) is 4.08. The van der Waals surface area contributed by atoms with Gasteiger partial charge in [-0.05, 0) is 11.8 Å². The second-order valence-corrected chi connectivity index (χ2v) is 7.24. The number of rotatable bonds is 12. The van der Waals surface area contributed by atoms with E-state index in [1.165, 1.54) is 0 Å². The molecule has 0 bridgehead atoms. The zero-order valence-electron chi connectivity index (χ0n) is 16.8. The van der Waals surface area contributed by atoms with Gasteiger partial charge in [-0.25, -0.2) is 4.79 Å². The monoisotopic (exact) mass is 418 g/mol. The average molecular weight is 418 g/mol. The molecule has 0 heterocycles. The Balaban J connectivity index is 5.27. The van der Waals surface area contributed by atoms with E-state index in [9.17, 15) is 29.1 Å². The number of carbonyl (C=O) groups excluding carboxylic acids is 3. The van der Waals surface area contributed by atoms with E-state index in [4.69, 9.17) is 15.9 Å². The average Bonchev–Trinajstić information content (AvgIpc) is 2.61. The first kappa shape index (κ1) is 26.3. The third kappa shape index (κ3) is 8.87. The minimum atomic E-state index is -1.55. The van der Waals surface area contributed by atoms with Gasteiger partial charge in [-0.2, -0.15) is 0 Å². The minimum Gasteiger partial charge on any atom is -0.481 e. The molecule has 8 N–H and O–H groups in total. The summed E-state index contributed by atoms with van der Waals surface area (Å²) >= 11 is 0. The molecule has 0 aliphatic carbocycles. The Labute approximate surface area is 168 Å². The van der Waals surface area contributed by atoms with Gasteiger partial charge >= 0.3 is 11.9 Å². The van der Waals surface area contributed by atoms with E-state index in [-0.39, 0.29) is 5.92 Å². The van der Waals surface area contributed by atoms with Crippen molar-refractivity contribution in [2.24, 2.45) is 17.6 Å². The van der Waals surface area contributed by atoms with Crippen LogP contribution < -0.4 is 21.7 Å². The second-order valence-electron chi connectivity index (χ2n) is 7.24. The van der Waals surface area contributed by atoms with Crippen molar-refractivity contribution in [1.82, 2.24) is 16.0 Å². The van der Waals surface area contributed by atoms with E-state index in [1.807, 2.05) is 0 Å². The molecule has 0 aromatic carbocycles. The number of aliphatic carboxylic acids is 2. The van der Waals surface area contributed by atoms with E-state index in [1.54, 1.807) is 27.7 Å². The summed E-state index contributed by atoms with van der Waals surface area (Å²) in [4.78, 5) is 58.9. The number of hydrogen-bond acceptors (Lipinski definition) is 7. The maximum Gasteiger partial charge on any atom is 0.326 e. The summed E-state index contributed by atoms with van der Waals surface area (Å²) in [6.07, 6.45) is -0.786. The summed E-state index contributed by atoms with van der Waals surface area (Å²) in [6.45, 7) is 5.57. The second kappa shape index (κ2) is 12.0. The first-order chi connectivity index (χ1) is 13.3. The van der Waals surface area contributed by atoms with Crippen molar-refractivity contribution in [3.63, 3.8) is 0 Å². The third-order valence-corrected chi connectivity index (χ3v) is 4.08. The van der Waals surface area contributed by atoms with Crippen LogP contribution in [0.15, 0.2) is 0 Å². The molecule has 0 aromatic heterocycles. The lowest BCUT2D eigenvalue weighted by molar-refractivity contribution is -0.144. The topological polar surface area (TPSA) is 208 Å². The van der Waals surface area contributed by atoms with Crippen LogP contribution in [0.4, 0.5) is 0 Å². The molecule has 0 spiro atoms. The summed E-state index contributed by atoms with van der Waals surface area (Å²) < 4.78 is 0. The fourth-order valence-electron chi connectivity index (χ4n) is 2.19. The van der Waals surface area contributed by atoms with Crippen LogP contribution >= 0.6 is 0 Å². The summed E-state index contributed by atoms with van der Waals surface area (Å²) in [6, 6.07) is -5.34. The van der Waals surface area contributed by atoms with E-state index in [0.717, 1.165) is 0 Å². The highest BCUT2D eigenvalue weighted by atomic mass is 16.4. The molecule has 0 aromatic rings. The smallest absolute Gasteiger partial charge is 0.326 e. The van der Waals surface area contributed by atoms with E-state index in [2.05, 4.69) is 16.0 Å². The van der Waals surface area contributed by atoms with Gasteiger partial charge in [0.25, 0.3) is 0 Å². The van der Waals surface area contributed by atoms with Crippen LogP contribution in [0.3, 0.4) is 0 Å². The van der Waals surface area contributed by atoms with Gasteiger partial charge in [0.15, 0.2) is 0 Å². The fourth-order valence-corrected chi connectivity index (χ4v) is 2.19. The van der Waals surface area contributed by atoms with Gasteiger partial charge in [-0.3, -0.25) is 19.2 Å². The molecule has 29 heavy (non-hydrogen) atoms. The molecular formula is C17H30N4O8. The SMILES string of the molecule is CC(C)C(N)C(=O)NC(CC(=O)O)C(=O)NC(CO)C(=O)NC(C(=O)O)C(C)C. The van der Waals surface area contributed by atoms with Gasteiger partial charge in [-0.15, -0.1) is 0 Å². The molecule has 0 saturated carbocycles. The Morgan fingerprint density at radius 1 is 0.793 bits per heavy atom.